The smallest absolute Gasteiger partial charge is 0.119 e. The van der Waals surface area contributed by atoms with Gasteiger partial charge in [-0.15, -0.1) is 0 Å². The molecule has 0 bridgehead atoms. The van der Waals surface area contributed by atoms with Gasteiger partial charge in [-0.3, -0.25) is 0 Å². The highest BCUT2D eigenvalue weighted by atomic mass is 32.1. The van der Waals surface area contributed by atoms with Gasteiger partial charge in [0.1, 0.15) is 12.4 Å². The van der Waals surface area contributed by atoms with Crippen molar-refractivity contribution >= 4 is 24.0 Å². The average Bonchev–Trinajstić information content (AvgIpc) is 2.47. The highest BCUT2D eigenvalue weighted by Crippen LogP contribution is 2.19. The first-order valence-electron chi connectivity index (χ1n) is 6.09. The number of hydrogen-bond donors (Lipinski definition) is 2. The predicted octanol–water partition coefficient (Wildman–Crippen LogP) is 3.37. The summed E-state index contributed by atoms with van der Waals surface area (Å²) >= 11 is 4.74. The first kappa shape index (κ1) is 13.8. The Morgan fingerprint density at radius 3 is 2.26 bits per heavy atom. The van der Waals surface area contributed by atoms with Crippen LogP contribution in [0.4, 0.5) is 11.4 Å². The van der Waals surface area contributed by atoms with Crippen LogP contribution < -0.4 is 10.1 Å². The van der Waals surface area contributed by atoms with Gasteiger partial charge in [-0.05, 0) is 36.4 Å². The van der Waals surface area contributed by atoms with Crippen molar-refractivity contribution in [3.8, 4) is 5.75 Å². The van der Waals surface area contributed by atoms with Gasteiger partial charge in [-0.1, -0.05) is 30.8 Å². The van der Waals surface area contributed by atoms with Crippen LogP contribution in [0.15, 0.2) is 54.6 Å². The monoisotopic (exact) mass is 274 g/mol. The van der Waals surface area contributed by atoms with Crippen LogP contribution in [-0.4, -0.2) is 23.6 Å². The lowest BCUT2D eigenvalue weighted by Gasteiger charge is -2.11. The molecule has 1 unspecified atom stereocenters. The van der Waals surface area contributed by atoms with E-state index in [9.17, 15) is 5.11 Å². The van der Waals surface area contributed by atoms with E-state index in [1.54, 1.807) is 0 Å². The van der Waals surface area contributed by atoms with Crippen LogP contribution in [0.25, 0.3) is 0 Å². The molecule has 2 aromatic carbocycles. The van der Waals surface area contributed by atoms with Gasteiger partial charge in [0.05, 0.1) is 6.10 Å². The topological polar surface area (TPSA) is 41.5 Å². The molecule has 0 aliphatic carbocycles. The molecule has 2 rings (SSSR count). The molecule has 0 fully saturated rings. The lowest BCUT2D eigenvalue weighted by molar-refractivity contribution is 0.126. The fourth-order valence-corrected chi connectivity index (χ4v) is 1.66. The van der Waals surface area contributed by atoms with Crippen molar-refractivity contribution in [2.24, 2.45) is 0 Å². The fourth-order valence-electron chi connectivity index (χ4n) is 1.56. The van der Waals surface area contributed by atoms with Crippen molar-refractivity contribution in [1.29, 1.82) is 0 Å². The SMILES string of the molecule is OC(C[S])COc1ccc(Nc2ccccc2)cc1. The van der Waals surface area contributed by atoms with Crippen molar-refractivity contribution in [2.45, 2.75) is 6.10 Å². The summed E-state index contributed by atoms with van der Waals surface area (Å²) in [5, 5.41) is 12.6. The molecule has 0 spiro atoms. The van der Waals surface area contributed by atoms with Gasteiger partial charge in [0, 0.05) is 17.1 Å². The van der Waals surface area contributed by atoms with E-state index in [4.69, 9.17) is 17.4 Å². The molecule has 0 aromatic heterocycles. The van der Waals surface area contributed by atoms with Crippen molar-refractivity contribution in [2.75, 3.05) is 17.7 Å². The molecule has 0 saturated heterocycles. The van der Waals surface area contributed by atoms with E-state index in [0.717, 1.165) is 17.1 Å². The molecule has 4 heteroatoms. The summed E-state index contributed by atoms with van der Waals surface area (Å²) in [7, 11) is 0. The third kappa shape index (κ3) is 4.50. The maximum absolute atomic E-state index is 9.33. The number of para-hydroxylation sites is 1. The molecule has 2 aromatic rings. The number of hydrogen-bond acceptors (Lipinski definition) is 3. The van der Waals surface area contributed by atoms with Crippen LogP contribution in [-0.2, 0) is 0 Å². The molecule has 1 radical (unpaired) electrons. The second kappa shape index (κ2) is 7.07. The molecule has 0 aliphatic rings. The van der Waals surface area contributed by atoms with Gasteiger partial charge in [0.2, 0.25) is 0 Å². The maximum Gasteiger partial charge on any atom is 0.119 e. The van der Waals surface area contributed by atoms with Crippen LogP contribution in [0.5, 0.6) is 5.75 Å². The summed E-state index contributed by atoms with van der Waals surface area (Å²) in [4.78, 5) is 0. The first-order valence-corrected chi connectivity index (χ1v) is 6.67. The summed E-state index contributed by atoms with van der Waals surface area (Å²) in [5.74, 6) is 1.01. The molecule has 3 nitrogen and oxygen atoms in total. The number of nitrogens with one attached hydrogen (secondary N) is 1. The van der Waals surface area contributed by atoms with Crippen LogP contribution in [0.1, 0.15) is 0 Å². The Bertz CT molecular complexity index is 487. The van der Waals surface area contributed by atoms with Crippen LogP contribution in [0.3, 0.4) is 0 Å². The molecule has 99 valence electrons. The van der Waals surface area contributed by atoms with Gasteiger partial charge < -0.3 is 15.2 Å². The van der Waals surface area contributed by atoms with Gasteiger partial charge in [0.15, 0.2) is 0 Å². The molecule has 0 amide bonds. The number of aliphatic hydroxyl groups is 1. The normalized spacial score (nSPS) is 11.9. The largest absolute Gasteiger partial charge is 0.491 e. The van der Waals surface area contributed by atoms with Gasteiger partial charge in [0.25, 0.3) is 0 Å². The molecule has 1 atom stereocenters. The summed E-state index contributed by atoms with van der Waals surface area (Å²) in [6, 6.07) is 17.5. The number of benzene rings is 2. The summed E-state index contributed by atoms with van der Waals surface area (Å²) in [6.45, 7) is 0.231. The lowest BCUT2D eigenvalue weighted by Crippen LogP contribution is -2.18. The van der Waals surface area contributed by atoms with Crippen LogP contribution in [0, 0.1) is 0 Å². The minimum absolute atomic E-state index is 0.231. The molecule has 19 heavy (non-hydrogen) atoms. The molecule has 0 heterocycles. The van der Waals surface area contributed by atoms with E-state index in [2.05, 4.69) is 5.32 Å². The number of anilines is 2. The molecular weight excluding hydrogens is 258 g/mol. The Morgan fingerprint density at radius 2 is 1.63 bits per heavy atom. The Labute approximate surface area is 118 Å². The van der Waals surface area contributed by atoms with Crippen molar-refractivity contribution in [1.82, 2.24) is 0 Å². The average molecular weight is 274 g/mol. The summed E-state index contributed by atoms with van der Waals surface area (Å²) < 4.78 is 5.42. The molecule has 0 saturated carbocycles. The zero-order valence-electron chi connectivity index (χ0n) is 10.5. The second-order valence-electron chi connectivity index (χ2n) is 4.15. The minimum Gasteiger partial charge on any atom is -0.491 e. The minimum atomic E-state index is -0.586. The Hall–Kier alpha value is -1.65. The van der Waals surface area contributed by atoms with E-state index in [0.29, 0.717) is 0 Å². The first-order chi connectivity index (χ1) is 9.28. The Morgan fingerprint density at radius 1 is 1.00 bits per heavy atom. The molecular formula is C15H16NO2S. The van der Waals surface area contributed by atoms with E-state index in [-0.39, 0.29) is 12.4 Å². The number of aliphatic hydroxyl groups excluding tert-OH is 1. The Kier molecular flexibility index (Phi) is 5.12. The van der Waals surface area contributed by atoms with Crippen molar-refractivity contribution < 1.29 is 9.84 Å². The molecule has 2 N–H and O–H groups in total. The van der Waals surface area contributed by atoms with E-state index < -0.39 is 6.10 Å². The number of rotatable bonds is 6. The maximum atomic E-state index is 9.33. The van der Waals surface area contributed by atoms with E-state index in [1.165, 1.54) is 0 Å². The third-order valence-electron chi connectivity index (χ3n) is 2.55. The second-order valence-corrected chi connectivity index (χ2v) is 4.48. The lowest BCUT2D eigenvalue weighted by atomic mass is 10.2. The summed E-state index contributed by atoms with van der Waals surface area (Å²) in [6.07, 6.45) is -0.586. The van der Waals surface area contributed by atoms with Gasteiger partial charge in [-0.25, -0.2) is 0 Å². The summed E-state index contributed by atoms with van der Waals surface area (Å²) in [5.41, 5.74) is 2.03. The predicted molar refractivity (Wildman–Crippen MR) is 80.1 cm³/mol. The number of ether oxygens (including phenoxy) is 1. The third-order valence-corrected chi connectivity index (χ3v) is 2.94. The zero-order valence-corrected chi connectivity index (χ0v) is 11.3. The quantitative estimate of drug-likeness (QED) is 0.848. The van der Waals surface area contributed by atoms with E-state index >= 15 is 0 Å². The van der Waals surface area contributed by atoms with Crippen LogP contribution in [0.2, 0.25) is 0 Å². The fraction of sp³-hybridized carbons (Fsp3) is 0.200. The zero-order chi connectivity index (χ0) is 13.5. The van der Waals surface area contributed by atoms with E-state index in [1.807, 2.05) is 54.6 Å². The van der Waals surface area contributed by atoms with Crippen molar-refractivity contribution in [3.05, 3.63) is 54.6 Å². The standard InChI is InChI=1S/C15H16NO2S/c17-14(11-19)10-18-15-8-6-13(7-9-15)16-12-4-2-1-3-5-12/h1-9,14,16-17H,10-11H2. The molecule has 0 aliphatic heterocycles. The Balaban J connectivity index is 1.91. The highest BCUT2D eigenvalue weighted by Gasteiger charge is 2.02. The highest BCUT2D eigenvalue weighted by molar-refractivity contribution is 7.80. The van der Waals surface area contributed by atoms with Gasteiger partial charge in [-0.2, -0.15) is 0 Å². The van der Waals surface area contributed by atoms with Crippen molar-refractivity contribution in [3.63, 3.8) is 0 Å². The van der Waals surface area contributed by atoms with Crippen LogP contribution >= 0.6 is 12.6 Å². The van der Waals surface area contributed by atoms with Gasteiger partial charge >= 0.3 is 0 Å².